The Bertz CT molecular complexity index is 338. The number of methoxy groups -OCH3 is 1. The van der Waals surface area contributed by atoms with Crippen LogP contribution < -0.4 is 5.73 Å². The van der Waals surface area contributed by atoms with Crippen molar-refractivity contribution in [2.24, 2.45) is 5.73 Å². The molecule has 18 heavy (non-hydrogen) atoms. The lowest BCUT2D eigenvalue weighted by atomic mass is 10.0. The lowest BCUT2D eigenvalue weighted by Gasteiger charge is -2.25. The summed E-state index contributed by atoms with van der Waals surface area (Å²) >= 11 is 0. The van der Waals surface area contributed by atoms with Crippen molar-refractivity contribution in [3.63, 3.8) is 0 Å². The zero-order valence-corrected chi connectivity index (χ0v) is 11.8. The molecule has 0 radical (unpaired) electrons. The molecule has 0 bridgehead atoms. The summed E-state index contributed by atoms with van der Waals surface area (Å²) in [5, 5.41) is 0. The van der Waals surface area contributed by atoms with Gasteiger partial charge in [-0.15, -0.1) is 0 Å². The summed E-state index contributed by atoms with van der Waals surface area (Å²) in [5.74, 6) is 0. The zero-order chi connectivity index (χ0) is 13.6. The van der Waals surface area contributed by atoms with Gasteiger partial charge in [-0.2, -0.15) is 0 Å². The molecule has 2 N–H and O–H groups in total. The molecular weight excluding hydrogens is 226 g/mol. The third kappa shape index (κ3) is 4.77. The molecule has 102 valence electrons. The van der Waals surface area contributed by atoms with Crippen LogP contribution in [0.5, 0.6) is 0 Å². The summed E-state index contributed by atoms with van der Waals surface area (Å²) in [6, 6.07) is 9.96. The van der Waals surface area contributed by atoms with Gasteiger partial charge in [-0.25, -0.2) is 0 Å². The molecule has 0 aliphatic heterocycles. The number of hydrogen-bond acceptors (Lipinski definition) is 3. The molecule has 3 nitrogen and oxygen atoms in total. The van der Waals surface area contributed by atoms with Crippen molar-refractivity contribution in [3.8, 4) is 0 Å². The number of rotatable bonds is 7. The fourth-order valence-electron chi connectivity index (χ4n) is 1.64. The molecule has 2 atom stereocenters. The van der Waals surface area contributed by atoms with Gasteiger partial charge in [0.05, 0.1) is 17.7 Å². The highest BCUT2D eigenvalue weighted by Crippen LogP contribution is 2.18. The predicted molar refractivity (Wildman–Crippen MR) is 74.5 cm³/mol. The predicted octanol–water partition coefficient (Wildman–Crippen LogP) is 2.91. The highest BCUT2D eigenvalue weighted by molar-refractivity contribution is 5.19. The summed E-state index contributed by atoms with van der Waals surface area (Å²) in [6.45, 7) is 6.77. The summed E-state index contributed by atoms with van der Waals surface area (Å²) < 4.78 is 11.1. The molecule has 1 rings (SSSR count). The smallest absolute Gasteiger partial charge is 0.0739 e. The molecule has 3 heteroatoms. The first-order chi connectivity index (χ1) is 8.46. The van der Waals surface area contributed by atoms with Crippen LogP contribution in [-0.4, -0.2) is 25.4 Å². The van der Waals surface area contributed by atoms with E-state index in [0.29, 0.717) is 6.61 Å². The Kier molecular flexibility index (Phi) is 5.79. The van der Waals surface area contributed by atoms with Crippen molar-refractivity contribution in [3.05, 3.63) is 35.9 Å². The second kappa shape index (κ2) is 6.88. The monoisotopic (exact) mass is 251 g/mol. The second-order valence-corrected chi connectivity index (χ2v) is 5.23. The third-order valence-electron chi connectivity index (χ3n) is 3.33. The molecule has 0 aliphatic carbocycles. The van der Waals surface area contributed by atoms with E-state index in [1.54, 1.807) is 7.11 Å². The van der Waals surface area contributed by atoms with Crippen molar-refractivity contribution < 1.29 is 9.47 Å². The van der Waals surface area contributed by atoms with Crippen LogP contribution >= 0.6 is 0 Å². The van der Waals surface area contributed by atoms with E-state index in [4.69, 9.17) is 15.2 Å². The number of hydrogen-bond donors (Lipinski definition) is 1. The van der Waals surface area contributed by atoms with E-state index < -0.39 is 0 Å². The highest BCUT2D eigenvalue weighted by Gasteiger charge is 2.19. The lowest BCUT2D eigenvalue weighted by molar-refractivity contribution is -0.0279. The normalized spacial score (nSPS) is 15.4. The fourth-order valence-corrected chi connectivity index (χ4v) is 1.64. The van der Waals surface area contributed by atoms with Gasteiger partial charge in [-0.1, -0.05) is 30.3 Å². The van der Waals surface area contributed by atoms with Gasteiger partial charge in [0.15, 0.2) is 0 Å². The van der Waals surface area contributed by atoms with E-state index in [2.05, 4.69) is 13.8 Å². The molecular formula is C15H25NO2. The summed E-state index contributed by atoms with van der Waals surface area (Å²) in [5.41, 5.74) is 7.13. The van der Waals surface area contributed by atoms with E-state index in [0.717, 1.165) is 12.0 Å². The Morgan fingerprint density at radius 2 is 1.83 bits per heavy atom. The van der Waals surface area contributed by atoms with Gasteiger partial charge in [0.1, 0.15) is 0 Å². The molecule has 0 saturated heterocycles. The summed E-state index contributed by atoms with van der Waals surface area (Å²) in [4.78, 5) is 0. The van der Waals surface area contributed by atoms with Gasteiger partial charge >= 0.3 is 0 Å². The molecule has 0 fully saturated rings. The van der Waals surface area contributed by atoms with Gasteiger partial charge < -0.3 is 15.2 Å². The van der Waals surface area contributed by atoms with Crippen molar-refractivity contribution in [1.29, 1.82) is 0 Å². The average Bonchev–Trinajstić information content (AvgIpc) is 2.38. The maximum atomic E-state index is 6.16. The Balaban J connectivity index is 2.39. The van der Waals surface area contributed by atoms with Gasteiger partial charge in [-0.05, 0) is 32.8 Å². The average molecular weight is 251 g/mol. The van der Waals surface area contributed by atoms with Crippen molar-refractivity contribution in [2.75, 3.05) is 13.7 Å². The zero-order valence-electron chi connectivity index (χ0n) is 11.8. The standard InChI is InChI=1S/C15H25NO2/c1-12(18-11-10-15(2,3)17-4)14(16)13-8-6-5-7-9-13/h5-9,12,14H,10-11,16H2,1-4H3. The minimum atomic E-state index is -0.142. The minimum Gasteiger partial charge on any atom is -0.379 e. The number of benzene rings is 1. The van der Waals surface area contributed by atoms with Crippen LogP contribution in [0.15, 0.2) is 30.3 Å². The molecule has 0 aromatic heterocycles. The second-order valence-electron chi connectivity index (χ2n) is 5.23. The maximum Gasteiger partial charge on any atom is 0.0739 e. The lowest BCUT2D eigenvalue weighted by Crippen LogP contribution is -2.30. The third-order valence-corrected chi connectivity index (χ3v) is 3.33. The van der Waals surface area contributed by atoms with Crippen molar-refractivity contribution in [1.82, 2.24) is 0 Å². The van der Waals surface area contributed by atoms with Gasteiger partial charge in [0.2, 0.25) is 0 Å². The van der Waals surface area contributed by atoms with Crippen molar-refractivity contribution >= 4 is 0 Å². The van der Waals surface area contributed by atoms with Crippen LogP contribution in [0.4, 0.5) is 0 Å². The van der Waals surface area contributed by atoms with Crippen LogP contribution in [0.2, 0.25) is 0 Å². The molecule has 1 aromatic rings. The van der Waals surface area contributed by atoms with E-state index in [9.17, 15) is 0 Å². The van der Waals surface area contributed by atoms with E-state index >= 15 is 0 Å². The summed E-state index contributed by atoms with van der Waals surface area (Å²) in [7, 11) is 1.72. The van der Waals surface area contributed by atoms with Crippen molar-refractivity contribution in [2.45, 2.75) is 44.9 Å². The van der Waals surface area contributed by atoms with Crippen LogP contribution in [0.1, 0.15) is 38.8 Å². The number of ether oxygens (including phenoxy) is 2. The molecule has 0 aliphatic rings. The van der Waals surface area contributed by atoms with Gasteiger partial charge in [0.25, 0.3) is 0 Å². The highest BCUT2D eigenvalue weighted by atomic mass is 16.5. The first kappa shape index (κ1) is 15.2. The largest absolute Gasteiger partial charge is 0.379 e. The van der Waals surface area contributed by atoms with E-state index in [1.807, 2.05) is 37.3 Å². The topological polar surface area (TPSA) is 44.5 Å². The molecule has 0 spiro atoms. The number of nitrogens with two attached hydrogens (primary N) is 1. The Morgan fingerprint density at radius 3 is 2.39 bits per heavy atom. The SMILES string of the molecule is COC(C)(C)CCOC(C)C(N)c1ccccc1. The first-order valence-corrected chi connectivity index (χ1v) is 6.43. The van der Waals surface area contributed by atoms with E-state index in [-0.39, 0.29) is 17.7 Å². The first-order valence-electron chi connectivity index (χ1n) is 6.43. The quantitative estimate of drug-likeness (QED) is 0.810. The fraction of sp³-hybridized carbons (Fsp3) is 0.600. The van der Waals surface area contributed by atoms with Crippen LogP contribution in [0.3, 0.4) is 0 Å². The molecule has 1 aromatic carbocycles. The minimum absolute atomic E-state index is 0.0000520. The van der Waals surface area contributed by atoms with Crippen LogP contribution in [0, 0.1) is 0 Å². The van der Waals surface area contributed by atoms with Gasteiger partial charge in [0, 0.05) is 13.7 Å². The van der Waals surface area contributed by atoms with Crippen LogP contribution in [0.25, 0.3) is 0 Å². The van der Waals surface area contributed by atoms with Crippen LogP contribution in [-0.2, 0) is 9.47 Å². The Labute approximate surface area is 110 Å². The van der Waals surface area contributed by atoms with E-state index in [1.165, 1.54) is 0 Å². The molecule has 0 amide bonds. The molecule has 2 unspecified atom stereocenters. The van der Waals surface area contributed by atoms with Gasteiger partial charge in [-0.3, -0.25) is 0 Å². The molecule has 0 heterocycles. The Morgan fingerprint density at radius 1 is 1.22 bits per heavy atom. The maximum absolute atomic E-state index is 6.16. The Hall–Kier alpha value is -0.900. The summed E-state index contributed by atoms with van der Waals surface area (Å²) in [6.07, 6.45) is 0.857. The molecule has 0 saturated carbocycles.